The molecule has 1 unspecified atom stereocenters. The van der Waals surface area contributed by atoms with E-state index in [4.69, 9.17) is 10.5 Å². The zero-order chi connectivity index (χ0) is 15.1. The number of rotatable bonds is 6. The van der Waals surface area contributed by atoms with Gasteiger partial charge in [-0.1, -0.05) is 26.0 Å². The number of amides is 1. The molecule has 0 spiro atoms. The maximum atomic E-state index is 11.4. The SMILES string of the molecule is CNC(=O)c1ccc(CCC(N)OC(=O)C(C)C)cc1. The molecule has 20 heavy (non-hydrogen) atoms. The zero-order valence-electron chi connectivity index (χ0n) is 12.2. The highest BCUT2D eigenvalue weighted by Crippen LogP contribution is 2.09. The number of ether oxygens (including phenoxy) is 1. The highest BCUT2D eigenvalue weighted by atomic mass is 16.6. The smallest absolute Gasteiger partial charge is 0.309 e. The van der Waals surface area contributed by atoms with E-state index in [0.717, 1.165) is 5.56 Å². The first-order valence-electron chi connectivity index (χ1n) is 6.71. The summed E-state index contributed by atoms with van der Waals surface area (Å²) in [5.74, 6) is -0.570. The highest BCUT2D eigenvalue weighted by Gasteiger charge is 2.13. The van der Waals surface area contributed by atoms with Gasteiger partial charge in [0.1, 0.15) is 0 Å². The maximum Gasteiger partial charge on any atom is 0.309 e. The number of nitrogens with two attached hydrogens (primary N) is 1. The third-order valence-electron chi connectivity index (χ3n) is 2.90. The van der Waals surface area contributed by atoms with Crippen LogP contribution in [-0.2, 0) is 16.0 Å². The molecule has 0 radical (unpaired) electrons. The fraction of sp³-hybridized carbons (Fsp3) is 0.467. The Kier molecular flexibility index (Phi) is 6.18. The van der Waals surface area contributed by atoms with E-state index >= 15 is 0 Å². The molecule has 0 aliphatic carbocycles. The summed E-state index contributed by atoms with van der Waals surface area (Å²) in [7, 11) is 1.60. The molecule has 1 aromatic rings. The average Bonchev–Trinajstić information content (AvgIpc) is 2.44. The van der Waals surface area contributed by atoms with Crippen LogP contribution in [0.3, 0.4) is 0 Å². The van der Waals surface area contributed by atoms with Gasteiger partial charge in [0.25, 0.3) is 5.91 Å². The first-order chi connectivity index (χ1) is 9.43. The molecule has 3 N–H and O–H groups in total. The van der Waals surface area contributed by atoms with Crippen LogP contribution < -0.4 is 11.1 Å². The summed E-state index contributed by atoms with van der Waals surface area (Å²) in [4.78, 5) is 22.8. The molecule has 0 aromatic heterocycles. The first-order valence-corrected chi connectivity index (χ1v) is 6.71. The second-order valence-electron chi connectivity index (χ2n) is 4.94. The average molecular weight is 278 g/mol. The van der Waals surface area contributed by atoms with Gasteiger partial charge in [-0.25, -0.2) is 0 Å². The Hall–Kier alpha value is -1.88. The Balaban J connectivity index is 2.45. The molecule has 0 aliphatic rings. The fourth-order valence-electron chi connectivity index (χ4n) is 1.62. The Bertz CT molecular complexity index is 455. The zero-order valence-corrected chi connectivity index (χ0v) is 12.2. The third kappa shape index (κ3) is 5.01. The topological polar surface area (TPSA) is 81.4 Å². The quantitative estimate of drug-likeness (QED) is 0.610. The largest absolute Gasteiger partial charge is 0.447 e. The molecule has 5 heteroatoms. The van der Waals surface area contributed by atoms with Crippen molar-refractivity contribution in [3.05, 3.63) is 35.4 Å². The summed E-state index contributed by atoms with van der Waals surface area (Å²) < 4.78 is 5.09. The number of esters is 1. The van der Waals surface area contributed by atoms with Crippen LogP contribution in [0.25, 0.3) is 0 Å². The molecule has 1 amide bonds. The van der Waals surface area contributed by atoms with Crippen molar-refractivity contribution in [2.75, 3.05) is 7.05 Å². The second-order valence-corrected chi connectivity index (χ2v) is 4.94. The van der Waals surface area contributed by atoms with E-state index in [-0.39, 0.29) is 17.8 Å². The predicted octanol–water partition coefficient (Wildman–Crippen LogP) is 1.46. The fourth-order valence-corrected chi connectivity index (χ4v) is 1.62. The maximum absolute atomic E-state index is 11.4. The van der Waals surface area contributed by atoms with E-state index < -0.39 is 6.23 Å². The minimum atomic E-state index is -0.594. The molecule has 1 rings (SSSR count). The van der Waals surface area contributed by atoms with Crippen molar-refractivity contribution in [2.24, 2.45) is 11.7 Å². The van der Waals surface area contributed by atoms with Gasteiger partial charge in [-0.15, -0.1) is 0 Å². The van der Waals surface area contributed by atoms with Crippen LogP contribution in [0.1, 0.15) is 36.2 Å². The van der Waals surface area contributed by atoms with Crippen LogP contribution in [-0.4, -0.2) is 25.2 Å². The molecule has 1 aromatic carbocycles. The lowest BCUT2D eigenvalue weighted by molar-refractivity contribution is -0.152. The van der Waals surface area contributed by atoms with Gasteiger partial charge in [0.15, 0.2) is 6.23 Å². The van der Waals surface area contributed by atoms with Crippen molar-refractivity contribution in [1.82, 2.24) is 5.32 Å². The van der Waals surface area contributed by atoms with Gasteiger partial charge in [0.05, 0.1) is 5.92 Å². The van der Waals surface area contributed by atoms with E-state index in [1.165, 1.54) is 0 Å². The molecule has 0 fully saturated rings. The summed E-state index contributed by atoms with van der Waals surface area (Å²) >= 11 is 0. The van der Waals surface area contributed by atoms with Crippen LogP contribution in [0, 0.1) is 5.92 Å². The van der Waals surface area contributed by atoms with Crippen LogP contribution in [0.2, 0.25) is 0 Å². The van der Waals surface area contributed by atoms with E-state index in [1.807, 2.05) is 12.1 Å². The van der Waals surface area contributed by atoms with Gasteiger partial charge in [-0.2, -0.15) is 0 Å². The van der Waals surface area contributed by atoms with E-state index in [0.29, 0.717) is 18.4 Å². The molecule has 0 bridgehead atoms. The molecule has 5 nitrogen and oxygen atoms in total. The summed E-state index contributed by atoms with van der Waals surface area (Å²) in [6.07, 6.45) is 0.654. The number of aryl methyl sites for hydroxylation is 1. The molecule has 1 atom stereocenters. The first kappa shape index (κ1) is 16.2. The molecule has 0 heterocycles. The normalized spacial score (nSPS) is 12.1. The summed E-state index contributed by atoms with van der Waals surface area (Å²) in [6, 6.07) is 7.28. The molecular weight excluding hydrogens is 256 g/mol. The Morgan fingerprint density at radius 3 is 2.35 bits per heavy atom. The summed E-state index contributed by atoms with van der Waals surface area (Å²) in [6.45, 7) is 3.54. The number of nitrogens with one attached hydrogen (secondary N) is 1. The summed E-state index contributed by atoms with van der Waals surface area (Å²) in [5, 5.41) is 2.57. The van der Waals surface area contributed by atoms with Crippen LogP contribution in [0.5, 0.6) is 0 Å². The molecule has 110 valence electrons. The van der Waals surface area contributed by atoms with Crippen molar-refractivity contribution in [2.45, 2.75) is 32.9 Å². The molecule has 0 aliphatic heterocycles. The lowest BCUT2D eigenvalue weighted by Gasteiger charge is -2.14. The Morgan fingerprint density at radius 2 is 1.85 bits per heavy atom. The number of hydrogen-bond acceptors (Lipinski definition) is 4. The Morgan fingerprint density at radius 1 is 1.25 bits per heavy atom. The minimum absolute atomic E-state index is 0.112. The van der Waals surface area contributed by atoms with Crippen LogP contribution in [0.15, 0.2) is 24.3 Å². The van der Waals surface area contributed by atoms with Gasteiger partial charge in [-0.3, -0.25) is 15.3 Å². The van der Waals surface area contributed by atoms with E-state index in [9.17, 15) is 9.59 Å². The second kappa shape index (κ2) is 7.65. The Labute approximate surface area is 119 Å². The van der Waals surface area contributed by atoms with Gasteiger partial charge in [0.2, 0.25) is 0 Å². The highest BCUT2D eigenvalue weighted by molar-refractivity contribution is 5.93. The molecule has 0 saturated heterocycles. The third-order valence-corrected chi connectivity index (χ3v) is 2.90. The van der Waals surface area contributed by atoms with Gasteiger partial charge in [0, 0.05) is 19.0 Å². The van der Waals surface area contributed by atoms with E-state index in [1.54, 1.807) is 33.0 Å². The number of carbonyl (C=O) groups is 2. The predicted molar refractivity (Wildman–Crippen MR) is 77.1 cm³/mol. The minimum Gasteiger partial charge on any atom is -0.447 e. The van der Waals surface area contributed by atoms with Crippen LogP contribution >= 0.6 is 0 Å². The van der Waals surface area contributed by atoms with Crippen LogP contribution in [0.4, 0.5) is 0 Å². The van der Waals surface area contributed by atoms with Gasteiger partial charge >= 0.3 is 5.97 Å². The van der Waals surface area contributed by atoms with E-state index in [2.05, 4.69) is 5.32 Å². The van der Waals surface area contributed by atoms with Crippen molar-refractivity contribution < 1.29 is 14.3 Å². The van der Waals surface area contributed by atoms with Crippen molar-refractivity contribution in [1.29, 1.82) is 0 Å². The van der Waals surface area contributed by atoms with Gasteiger partial charge in [-0.05, 0) is 24.1 Å². The number of hydrogen-bond donors (Lipinski definition) is 2. The number of benzene rings is 1. The standard InChI is InChI=1S/C15H22N2O3/c1-10(2)15(19)20-13(16)9-6-11-4-7-12(8-5-11)14(18)17-3/h4-5,7-8,10,13H,6,9,16H2,1-3H3,(H,17,18). The van der Waals surface area contributed by atoms with Gasteiger partial charge < -0.3 is 10.1 Å². The number of carbonyl (C=O) groups excluding carboxylic acids is 2. The van der Waals surface area contributed by atoms with Crippen molar-refractivity contribution >= 4 is 11.9 Å². The molecular formula is C15H22N2O3. The van der Waals surface area contributed by atoms with Crippen molar-refractivity contribution in [3.8, 4) is 0 Å². The molecule has 0 saturated carbocycles. The lowest BCUT2D eigenvalue weighted by Crippen LogP contribution is -2.29. The lowest BCUT2D eigenvalue weighted by atomic mass is 10.1. The van der Waals surface area contributed by atoms with Crippen molar-refractivity contribution in [3.63, 3.8) is 0 Å². The monoisotopic (exact) mass is 278 g/mol. The summed E-state index contributed by atoms with van der Waals surface area (Å²) in [5.41, 5.74) is 7.42.